The van der Waals surface area contributed by atoms with Crippen LogP contribution < -0.4 is 10.6 Å². The van der Waals surface area contributed by atoms with Gasteiger partial charge < -0.3 is 25.6 Å². The van der Waals surface area contributed by atoms with Crippen LogP contribution in [-0.4, -0.2) is 65.1 Å². The number of nitrogens with one attached hydrogen (secondary N) is 2. The molecule has 1 unspecified atom stereocenters. The topological polar surface area (TPSA) is 108 Å². The number of aliphatic hydroxyl groups is 2. The van der Waals surface area contributed by atoms with Crippen molar-refractivity contribution >= 4 is 33.6 Å². The molecule has 39 heavy (non-hydrogen) atoms. The molecule has 0 aliphatic rings. The summed E-state index contributed by atoms with van der Waals surface area (Å²) in [4.78, 5) is 23.6. The number of rotatable bonds is 23. The second-order valence-corrected chi connectivity index (χ2v) is 12.5. The van der Waals surface area contributed by atoms with Crippen molar-refractivity contribution in [2.45, 2.75) is 83.0 Å². The fraction of sp³-hybridized carbons (Fsp3) is 0.600. The predicted octanol–water partition coefficient (Wildman–Crippen LogP) is 6.26. The summed E-state index contributed by atoms with van der Waals surface area (Å²) in [6.07, 6.45) is 27.3. The van der Waals surface area contributed by atoms with Crippen LogP contribution in [0.3, 0.4) is 0 Å². The number of alkyl carbamates (subject to hydrolysis) is 1. The molecule has 0 spiro atoms. The number of hydrogen-bond donors (Lipinski definition) is 4. The average Bonchev–Trinajstić information content (AvgIpc) is 2.92. The van der Waals surface area contributed by atoms with Gasteiger partial charge in [-0.05, 0) is 58.8 Å². The highest BCUT2D eigenvalue weighted by Crippen LogP contribution is 2.34. The molecule has 0 aromatic rings. The van der Waals surface area contributed by atoms with Gasteiger partial charge in [-0.3, -0.25) is 4.79 Å². The van der Waals surface area contributed by atoms with Gasteiger partial charge in [0, 0.05) is 30.0 Å². The number of hydrogen-bond acceptors (Lipinski definition) is 7. The lowest BCUT2D eigenvalue weighted by molar-refractivity contribution is -0.121. The molecular formula is C30H50N2O5S2. The maximum Gasteiger partial charge on any atom is 0.407 e. The molecule has 7 nitrogen and oxygen atoms in total. The SMILES string of the molecule is CC/C=C\C/C=C\C/C=C\C/C=C\C/C=C\CCCC(=O)NCCSSC(C)(C)CNC(=O)OCC(O)CO. The van der Waals surface area contributed by atoms with Crippen molar-refractivity contribution in [1.82, 2.24) is 10.6 Å². The van der Waals surface area contributed by atoms with Crippen LogP contribution in [0.1, 0.15) is 72.1 Å². The Kier molecular flexibility index (Phi) is 25.0. The minimum absolute atomic E-state index is 0.0710. The van der Waals surface area contributed by atoms with Gasteiger partial charge in [-0.1, -0.05) is 89.3 Å². The standard InChI is InChI=1S/C30H50N2O5S2/c1-4-5-6-7-8-9-10-11-12-13-14-15-16-17-18-19-20-21-28(35)31-22-23-38-39-30(2,3)26-32-29(36)37-25-27(34)24-33/h5-6,8-9,11-12,14-15,17-18,27,33-34H,4,7,10,13,16,19-26H2,1-3H3,(H,31,35)(H,32,36)/b6-5-,9-8-,12-11-,15-14-,18-17-. The van der Waals surface area contributed by atoms with E-state index in [1.165, 1.54) is 0 Å². The molecule has 222 valence electrons. The molecule has 0 saturated heterocycles. The van der Waals surface area contributed by atoms with Crippen LogP contribution in [-0.2, 0) is 9.53 Å². The molecule has 0 aliphatic carbocycles. The zero-order valence-corrected chi connectivity index (χ0v) is 25.6. The summed E-state index contributed by atoms with van der Waals surface area (Å²) in [6, 6.07) is 0. The second-order valence-electron chi connectivity index (χ2n) is 9.40. The molecule has 1 atom stereocenters. The van der Waals surface area contributed by atoms with Crippen molar-refractivity contribution < 1.29 is 24.5 Å². The number of unbranched alkanes of at least 4 members (excludes halogenated alkanes) is 1. The first kappa shape index (κ1) is 37.1. The van der Waals surface area contributed by atoms with Gasteiger partial charge in [0.1, 0.15) is 12.7 Å². The molecule has 0 radical (unpaired) electrons. The van der Waals surface area contributed by atoms with E-state index in [9.17, 15) is 14.7 Å². The molecule has 0 heterocycles. The first-order valence-electron chi connectivity index (χ1n) is 13.8. The van der Waals surface area contributed by atoms with E-state index in [4.69, 9.17) is 9.84 Å². The van der Waals surface area contributed by atoms with Gasteiger partial charge >= 0.3 is 6.09 Å². The Hall–Kier alpha value is -1.94. The largest absolute Gasteiger partial charge is 0.447 e. The number of carbonyl (C=O) groups is 2. The van der Waals surface area contributed by atoms with Crippen molar-refractivity contribution in [2.24, 2.45) is 0 Å². The fourth-order valence-electron chi connectivity index (χ4n) is 2.86. The second kappa shape index (κ2) is 26.3. The normalized spacial score (nSPS) is 13.4. The molecular weight excluding hydrogens is 532 g/mol. The van der Waals surface area contributed by atoms with E-state index in [0.29, 0.717) is 19.5 Å². The molecule has 0 fully saturated rings. The third-order valence-corrected chi connectivity index (χ3v) is 8.29. The molecule has 0 bridgehead atoms. The Morgan fingerprint density at radius 2 is 1.46 bits per heavy atom. The zero-order chi connectivity index (χ0) is 29.0. The summed E-state index contributed by atoms with van der Waals surface area (Å²) in [6.45, 7) is 6.44. The third kappa shape index (κ3) is 27.4. The summed E-state index contributed by atoms with van der Waals surface area (Å²) in [5, 5.41) is 23.5. The monoisotopic (exact) mass is 582 g/mol. The Labute approximate surface area is 244 Å². The first-order valence-corrected chi connectivity index (χ1v) is 16.1. The summed E-state index contributed by atoms with van der Waals surface area (Å²) >= 11 is 0. The molecule has 0 rings (SSSR count). The smallest absolute Gasteiger partial charge is 0.407 e. The lowest BCUT2D eigenvalue weighted by Crippen LogP contribution is -2.37. The lowest BCUT2D eigenvalue weighted by atomic mass is 10.2. The van der Waals surface area contributed by atoms with Crippen LogP contribution in [0, 0.1) is 0 Å². The maximum atomic E-state index is 12.0. The lowest BCUT2D eigenvalue weighted by Gasteiger charge is -2.23. The Balaban J connectivity index is 3.70. The van der Waals surface area contributed by atoms with Gasteiger partial charge in [0.15, 0.2) is 0 Å². The van der Waals surface area contributed by atoms with E-state index in [1.807, 2.05) is 13.8 Å². The van der Waals surface area contributed by atoms with Gasteiger partial charge in [0.05, 0.1) is 6.61 Å². The predicted molar refractivity (Wildman–Crippen MR) is 168 cm³/mol. The van der Waals surface area contributed by atoms with Crippen LogP contribution in [0.5, 0.6) is 0 Å². The van der Waals surface area contributed by atoms with Crippen molar-refractivity contribution in [3.63, 3.8) is 0 Å². The van der Waals surface area contributed by atoms with Crippen LogP contribution >= 0.6 is 21.6 Å². The molecule has 0 aliphatic heterocycles. The molecule has 4 N–H and O–H groups in total. The number of allylic oxidation sites excluding steroid dienone is 10. The average molecular weight is 583 g/mol. The van der Waals surface area contributed by atoms with Gasteiger partial charge in [-0.15, -0.1) is 0 Å². The highest BCUT2D eigenvalue weighted by atomic mass is 33.1. The summed E-state index contributed by atoms with van der Waals surface area (Å²) in [5.74, 6) is 0.837. The molecule has 2 amide bonds. The summed E-state index contributed by atoms with van der Waals surface area (Å²) in [5.41, 5.74) is 0. The van der Waals surface area contributed by atoms with Crippen molar-refractivity contribution in [2.75, 3.05) is 32.1 Å². The van der Waals surface area contributed by atoms with Crippen LogP contribution in [0.15, 0.2) is 60.8 Å². The highest BCUT2D eigenvalue weighted by Gasteiger charge is 2.20. The number of aliphatic hydroxyl groups excluding tert-OH is 2. The Morgan fingerprint density at radius 1 is 0.897 bits per heavy atom. The van der Waals surface area contributed by atoms with E-state index in [-0.39, 0.29) is 17.3 Å². The summed E-state index contributed by atoms with van der Waals surface area (Å²) < 4.78 is 4.59. The van der Waals surface area contributed by atoms with Crippen molar-refractivity contribution in [3.8, 4) is 0 Å². The Bertz CT molecular complexity index is 779. The van der Waals surface area contributed by atoms with E-state index in [0.717, 1.165) is 50.7 Å². The molecule has 0 saturated carbocycles. The molecule has 0 aromatic heterocycles. The van der Waals surface area contributed by atoms with E-state index < -0.39 is 18.8 Å². The van der Waals surface area contributed by atoms with Crippen LogP contribution in [0.2, 0.25) is 0 Å². The van der Waals surface area contributed by atoms with E-state index in [1.54, 1.807) is 21.6 Å². The first-order chi connectivity index (χ1) is 18.8. The minimum Gasteiger partial charge on any atom is -0.447 e. The van der Waals surface area contributed by atoms with Gasteiger partial charge in [-0.2, -0.15) is 0 Å². The van der Waals surface area contributed by atoms with Gasteiger partial charge in [-0.25, -0.2) is 4.79 Å². The minimum atomic E-state index is -1.07. The van der Waals surface area contributed by atoms with Crippen LogP contribution in [0.25, 0.3) is 0 Å². The van der Waals surface area contributed by atoms with Gasteiger partial charge in [0.2, 0.25) is 5.91 Å². The Morgan fingerprint density at radius 3 is 2.03 bits per heavy atom. The van der Waals surface area contributed by atoms with Crippen molar-refractivity contribution in [1.29, 1.82) is 0 Å². The highest BCUT2D eigenvalue weighted by molar-refractivity contribution is 8.77. The third-order valence-electron chi connectivity index (χ3n) is 5.00. The maximum absolute atomic E-state index is 12.0. The fourth-order valence-corrected chi connectivity index (χ4v) is 5.21. The number of ether oxygens (including phenoxy) is 1. The van der Waals surface area contributed by atoms with E-state index in [2.05, 4.69) is 78.3 Å². The molecule has 9 heteroatoms. The van der Waals surface area contributed by atoms with Crippen molar-refractivity contribution in [3.05, 3.63) is 60.8 Å². The number of carbonyl (C=O) groups excluding carboxylic acids is 2. The van der Waals surface area contributed by atoms with E-state index >= 15 is 0 Å². The zero-order valence-electron chi connectivity index (χ0n) is 24.0. The summed E-state index contributed by atoms with van der Waals surface area (Å²) in [7, 11) is 3.26. The number of amides is 2. The van der Waals surface area contributed by atoms with Gasteiger partial charge in [0.25, 0.3) is 0 Å². The quantitative estimate of drug-likeness (QED) is 0.0639. The van der Waals surface area contributed by atoms with Crippen LogP contribution in [0.4, 0.5) is 4.79 Å². The molecule has 0 aromatic carbocycles.